The van der Waals surface area contributed by atoms with Crippen LogP contribution in [0, 0.1) is 5.82 Å². The third kappa shape index (κ3) is 6.99. The lowest BCUT2D eigenvalue weighted by atomic mass is 10.2. The number of ether oxygens (including phenoxy) is 1. The molecule has 0 aliphatic carbocycles. The molecule has 150 valence electrons. The zero-order valence-electron chi connectivity index (χ0n) is 15.8. The minimum absolute atomic E-state index is 0.0156. The lowest BCUT2D eigenvalue weighted by Gasteiger charge is -2.20. The van der Waals surface area contributed by atoms with Crippen molar-refractivity contribution in [2.45, 2.75) is 32.8 Å². The third-order valence-corrected chi connectivity index (χ3v) is 4.00. The van der Waals surface area contributed by atoms with Crippen molar-refractivity contribution < 1.29 is 23.5 Å². The molecule has 0 saturated heterocycles. The summed E-state index contributed by atoms with van der Waals surface area (Å²) < 4.78 is 18.7. The monoisotopic (exact) mass is 407 g/mol. The maximum absolute atomic E-state index is 13.6. The number of anilines is 2. The van der Waals surface area contributed by atoms with Gasteiger partial charge in [0, 0.05) is 23.9 Å². The van der Waals surface area contributed by atoms with E-state index in [0.29, 0.717) is 5.56 Å². The zero-order chi connectivity index (χ0) is 20.7. The SMILES string of the molecule is CC(C)(C)OC(=O)Nc1ccc(F)cc1NC(=O)CCNC(=O)c1ccsc1. The van der Waals surface area contributed by atoms with Crippen LogP contribution in [0.4, 0.5) is 20.6 Å². The average Bonchev–Trinajstić information content (AvgIpc) is 3.10. The van der Waals surface area contributed by atoms with Gasteiger partial charge in [0.25, 0.3) is 5.91 Å². The summed E-state index contributed by atoms with van der Waals surface area (Å²) in [7, 11) is 0. The molecule has 0 unspecified atom stereocenters. The Morgan fingerprint density at radius 3 is 2.50 bits per heavy atom. The van der Waals surface area contributed by atoms with Gasteiger partial charge in [-0.3, -0.25) is 14.9 Å². The van der Waals surface area contributed by atoms with Gasteiger partial charge in [-0.2, -0.15) is 11.3 Å². The van der Waals surface area contributed by atoms with E-state index in [0.717, 1.165) is 12.1 Å². The number of thiophene rings is 1. The highest BCUT2D eigenvalue weighted by atomic mass is 32.1. The summed E-state index contributed by atoms with van der Waals surface area (Å²) in [6.45, 7) is 5.25. The van der Waals surface area contributed by atoms with Gasteiger partial charge in [0.1, 0.15) is 11.4 Å². The fourth-order valence-electron chi connectivity index (χ4n) is 2.14. The van der Waals surface area contributed by atoms with Crippen molar-refractivity contribution >= 4 is 40.6 Å². The first kappa shape index (κ1) is 21.4. The Kier molecular flexibility index (Phi) is 7.11. The molecule has 0 radical (unpaired) electrons. The molecule has 1 aromatic heterocycles. The topological polar surface area (TPSA) is 96.5 Å². The summed E-state index contributed by atoms with van der Waals surface area (Å²) in [4.78, 5) is 35.9. The third-order valence-electron chi connectivity index (χ3n) is 3.31. The van der Waals surface area contributed by atoms with Crippen molar-refractivity contribution in [3.05, 3.63) is 46.4 Å². The van der Waals surface area contributed by atoms with Gasteiger partial charge in [0.2, 0.25) is 5.91 Å². The fraction of sp³-hybridized carbons (Fsp3) is 0.316. The van der Waals surface area contributed by atoms with Crippen LogP contribution in [-0.4, -0.2) is 30.1 Å². The molecule has 28 heavy (non-hydrogen) atoms. The number of hydrogen-bond acceptors (Lipinski definition) is 5. The molecule has 3 amide bonds. The number of amides is 3. The number of carbonyl (C=O) groups excluding carboxylic acids is 3. The van der Waals surface area contributed by atoms with Crippen LogP contribution in [-0.2, 0) is 9.53 Å². The Bertz CT molecular complexity index is 847. The second kappa shape index (κ2) is 9.32. The van der Waals surface area contributed by atoms with Crippen LogP contribution in [0.25, 0.3) is 0 Å². The van der Waals surface area contributed by atoms with Gasteiger partial charge in [0.15, 0.2) is 0 Å². The van der Waals surface area contributed by atoms with Crippen molar-refractivity contribution in [2.75, 3.05) is 17.2 Å². The van der Waals surface area contributed by atoms with Crippen LogP contribution < -0.4 is 16.0 Å². The predicted octanol–water partition coefficient (Wildman–Crippen LogP) is 3.99. The molecule has 3 N–H and O–H groups in total. The van der Waals surface area contributed by atoms with Crippen molar-refractivity contribution in [3.63, 3.8) is 0 Å². The maximum atomic E-state index is 13.6. The largest absolute Gasteiger partial charge is 0.444 e. The maximum Gasteiger partial charge on any atom is 0.412 e. The van der Waals surface area contributed by atoms with Crippen molar-refractivity contribution in [2.24, 2.45) is 0 Å². The van der Waals surface area contributed by atoms with Crippen LogP contribution in [0.3, 0.4) is 0 Å². The van der Waals surface area contributed by atoms with Gasteiger partial charge < -0.3 is 15.4 Å². The number of hydrogen-bond donors (Lipinski definition) is 3. The first-order valence-corrected chi connectivity index (χ1v) is 9.48. The summed E-state index contributed by atoms with van der Waals surface area (Å²) >= 11 is 1.40. The van der Waals surface area contributed by atoms with Crippen molar-refractivity contribution in [1.29, 1.82) is 0 Å². The van der Waals surface area contributed by atoms with Crippen molar-refractivity contribution in [1.82, 2.24) is 5.32 Å². The summed E-state index contributed by atoms with van der Waals surface area (Å²) in [6, 6.07) is 5.26. The molecule has 1 aromatic carbocycles. The molecule has 0 saturated carbocycles. The van der Waals surface area contributed by atoms with E-state index >= 15 is 0 Å². The summed E-state index contributed by atoms with van der Waals surface area (Å²) in [6.07, 6.45) is -0.740. The van der Waals surface area contributed by atoms with Crippen molar-refractivity contribution in [3.8, 4) is 0 Å². The number of carbonyl (C=O) groups is 3. The highest BCUT2D eigenvalue weighted by Gasteiger charge is 2.18. The Morgan fingerprint density at radius 2 is 1.86 bits per heavy atom. The van der Waals surface area contributed by atoms with Crippen LogP contribution in [0.2, 0.25) is 0 Å². The van der Waals surface area contributed by atoms with E-state index in [2.05, 4.69) is 16.0 Å². The second-order valence-corrected chi connectivity index (χ2v) is 7.66. The van der Waals surface area contributed by atoms with E-state index < -0.39 is 23.4 Å². The van der Waals surface area contributed by atoms with E-state index in [9.17, 15) is 18.8 Å². The highest BCUT2D eigenvalue weighted by Crippen LogP contribution is 2.24. The molecule has 0 spiro atoms. The smallest absolute Gasteiger partial charge is 0.412 e. The van der Waals surface area contributed by atoms with E-state index in [1.165, 1.54) is 17.4 Å². The predicted molar refractivity (Wildman–Crippen MR) is 106 cm³/mol. The molecule has 1 heterocycles. The van der Waals surface area contributed by atoms with E-state index in [1.807, 2.05) is 0 Å². The zero-order valence-corrected chi connectivity index (χ0v) is 16.6. The number of benzene rings is 1. The van der Waals surface area contributed by atoms with Gasteiger partial charge in [0.05, 0.1) is 11.4 Å². The lowest BCUT2D eigenvalue weighted by Crippen LogP contribution is -2.28. The van der Waals surface area contributed by atoms with Crippen LogP contribution in [0.5, 0.6) is 0 Å². The molecule has 0 atom stereocenters. The van der Waals surface area contributed by atoms with Gasteiger partial charge in [-0.25, -0.2) is 9.18 Å². The molecule has 7 nitrogen and oxygen atoms in total. The summed E-state index contributed by atoms with van der Waals surface area (Å²) in [5.41, 5.74) is 0.125. The molecule has 0 fully saturated rings. The second-order valence-electron chi connectivity index (χ2n) is 6.88. The molecule has 9 heteroatoms. The molecule has 0 aliphatic rings. The first-order chi connectivity index (χ1) is 13.1. The fourth-order valence-corrected chi connectivity index (χ4v) is 2.78. The van der Waals surface area contributed by atoms with E-state index in [4.69, 9.17) is 4.74 Å². The summed E-state index contributed by atoms with van der Waals surface area (Å²) in [5.74, 6) is -1.29. The Balaban J connectivity index is 1.92. The Hall–Kier alpha value is -2.94. The first-order valence-electron chi connectivity index (χ1n) is 8.54. The number of halogens is 1. The van der Waals surface area contributed by atoms with Crippen LogP contribution >= 0.6 is 11.3 Å². The van der Waals surface area contributed by atoms with E-state index in [1.54, 1.807) is 37.6 Å². The number of nitrogens with one attached hydrogen (secondary N) is 3. The molecule has 2 rings (SSSR count). The standard InChI is InChI=1S/C19H22FN3O4S/c1-19(2,3)27-18(26)23-14-5-4-13(20)10-15(14)22-16(24)6-8-21-17(25)12-7-9-28-11-12/h4-5,7,9-11H,6,8H2,1-3H3,(H,21,25)(H,22,24)(H,23,26). The molecular formula is C19H22FN3O4S. The van der Waals surface area contributed by atoms with Crippen LogP contribution in [0.1, 0.15) is 37.6 Å². The molecular weight excluding hydrogens is 385 g/mol. The molecule has 0 bridgehead atoms. The quantitative estimate of drug-likeness (QED) is 0.674. The van der Waals surface area contributed by atoms with E-state index in [-0.39, 0.29) is 30.2 Å². The van der Waals surface area contributed by atoms with Gasteiger partial charge >= 0.3 is 6.09 Å². The summed E-state index contributed by atoms with van der Waals surface area (Å²) in [5, 5.41) is 11.1. The van der Waals surface area contributed by atoms with Crippen LogP contribution in [0.15, 0.2) is 35.0 Å². The normalized spacial score (nSPS) is 10.9. The highest BCUT2D eigenvalue weighted by molar-refractivity contribution is 7.08. The van der Waals surface area contributed by atoms with Gasteiger partial charge in [-0.15, -0.1) is 0 Å². The Labute approximate surface area is 166 Å². The molecule has 2 aromatic rings. The minimum Gasteiger partial charge on any atom is -0.444 e. The average molecular weight is 407 g/mol. The van der Waals surface area contributed by atoms with Gasteiger partial charge in [-0.05, 0) is 50.4 Å². The lowest BCUT2D eigenvalue weighted by molar-refractivity contribution is -0.116. The Morgan fingerprint density at radius 1 is 1.11 bits per heavy atom. The molecule has 0 aliphatic heterocycles. The number of rotatable bonds is 6. The minimum atomic E-state index is -0.724. The van der Waals surface area contributed by atoms with Gasteiger partial charge in [-0.1, -0.05) is 0 Å².